The Balaban J connectivity index is 1.60. The molecule has 0 aromatic rings. The molecule has 3 nitrogen and oxygen atoms in total. The van der Waals surface area contributed by atoms with E-state index in [2.05, 4.69) is 22.6 Å². The highest BCUT2D eigenvalue weighted by Gasteiger charge is 2.18. The predicted molar refractivity (Wildman–Crippen MR) is 64.1 cm³/mol. The maximum Gasteiger partial charge on any atom is 0.0193 e. The lowest BCUT2D eigenvalue weighted by atomic mass is 9.96. The Morgan fingerprint density at radius 2 is 2.07 bits per heavy atom. The van der Waals surface area contributed by atoms with Gasteiger partial charge in [-0.15, -0.1) is 0 Å². The molecular weight excluding hydrogens is 186 g/mol. The van der Waals surface area contributed by atoms with E-state index in [0.29, 0.717) is 0 Å². The third-order valence-electron chi connectivity index (χ3n) is 3.83. The van der Waals surface area contributed by atoms with Gasteiger partial charge in [0, 0.05) is 12.6 Å². The minimum absolute atomic E-state index is 0.735. The first kappa shape index (κ1) is 11.4. The maximum atomic E-state index is 3.73. The molecule has 0 saturated carbocycles. The first-order valence-electron chi connectivity index (χ1n) is 6.47. The molecule has 2 aliphatic rings. The van der Waals surface area contributed by atoms with Crippen LogP contribution in [0.4, 0.5) is 0 Å². The molecule has 2 fully saturated rings. The van der Waals surface area contributed by atoms with Crippen molar-refractivity contribution in [3.63, 3.8) is 0 Å². The highest BCUT2D eigenvalue weighted by molar-refractivity contribution is 4.78. The van der Waals surface area contributed by atoms with Crippen LogP contribution in [-0.2, 0) is 0 Å². The summed E-state index contributed by atoms with van der Waals surface area (Å²) in [6.45, 7) is 6.20. The fourth-order valence-corrected chi connectivity index (χ4v) is 2.63. The van der Waals surface area contributed by atoms with E-state index in [1.807, 2.05) is 0 Å². The maximum absolute atomic E-state index is 3.73. The highest BCUT2D eigenvalue weighted by Crippen LogP contribution is 2.15. The quantitative estimate of drug-likeness (QED) is 0.718. The van der Waals surface area contributed by atoms with Gasteiger partial charge in [-0.05, 0) is 64.8 Å². The van der Waals surface area contributed by atoms with Gasteiger partial charge in [-0.1, -0.05) is 0 Å². The largest absolute Gasteiger partial charge is 0.315 e. The highest BCUT2D eigenvalue weighted by atomic mass is 15.1. The lowest BCUT2D eigenvalue weighted by Gasteiger charge is -2.31. The molecule has 88 valence electrons. The van der Waals surface area contributed by atoms with Crippen LogP contribution in [0.25, 0.3) is 0 Å². The first-order valence-corrected chi connectivity index (χ1v) is 6.47. The zero-order valence-corrected chi connectivity index (χ0v) is 9.97. The van der Waals surface area contributed by atoms with Gasteiger partial charge in [0.15, 0.2) is 0 Å². The molecule has 0 radical (unpaired) electrons. The fraction of sp³-hybridized carbons (Fsp3) is 1.00. The molecule has 0 aliphatic carbocycles. The Hall–Kier alpha value is -0.120. The normalized spacial score (nSPS) is 30.6. The second kappa shape index (κ2) is 5.83. The molecule has 2 heterocycles. The summed E-state index contributed by atoms with van der Waals surface area (Å²) in [4.78, 5) is 2.44. The van der Waals surface area contributed by atoms with Crippen LogP contribution < -0.4 is 10.6 Å². The van der Waals surface area contributed by atoms with Crippen molar-refractivity contribution in [2.75, 3.05) is 39.8 Å². The van der Waals surface area contributed by atoms with Crippen molar-refractivity contribution in [3.8, 4) is 0 Å². The Morgan fingerprint density at radius 1 is 1.27 bits per heavy atom. The number of nitrogens with zero attached hydrogens (tertiary/aromatic N) is 1. The van der Waals surface area contributed by atoms with Crippen molar-refractivity contribution >= 4 is 0 Å². The molecule has 0 amide bonds. The Kier molecular flexibility index (Phi) is 4.42. The van der Waals surface area contributed by atoms with Crippen LogP contribution in [0.2, 0.25) is 0 Å². The molecule has 0 bridgehead atoms. The molecule has 2 rings (SSSR count). The van der Waals surface area contributed by atoms with Crippen LogP contribution in [0, 0.1) is 5.92 Å². The van der Waals surface area contributed by atoms with E-state index < -0.39 is 0 Å². The molecule has 3 heteroatoms. The van der Waals surface area contributed by atoms with Gasteiger partial charge >= 0.3 is 0 Å². The van der Waals surface area contributed by atoms with Crippen LogP contribution in [0.1, 0.15) is 25.7 Å². The fourth-order valence-electron chi connectivity index (χ4n) is 2.63. The van der Waals surface area contributed by atoms with E-state index in [-0.39, 0.29) is 0 Å². The van der Waals surface area contributed by atoms with Crippen LogP contribution in [0.5, 0.6) is 0 Å². The number of piperidine rings is 2. The molecule has 2 saturated heterocycles. The van der Waals surface area contributed by atoms with Crippen LogP contribution >= 0.6 is 0 Å². The summed E-state index contributed by atoms with van der Waals surface area (Å²) in [5.41, 5.74) is 0. The van der Waals surface area contributed by atoms with Crippen molar-refractivity contribution in [2.45, 2.75) is 31.7 Å². The first-order chi connectivity index (χ1) is 7.34. The van der Waals surface area contributed by atoms with Crippen molar-refractivity contribution in [3.05, 3.63) is 0 Å². The molecule has 0 aromatic carbocycles. The summed E-state index contributed by atoms with van der Waals surface area (Å²) in [7, 11) is 2.23. The van der Waals surface area contributed by atoms with Gasteiger partial charge in [0.1, 0.15) is 0 Å². The second-order valence-electron chi connectivity index (χ2n) is 5.20. The van der Waals surface area contributed by atoms with Gasteiger partial charge in [-0.2, -0.15) is 0 Å². The SMILES string of the molecule is CN1CCC(CNC2CCCNC2)CC1. The monoisotopic (exact) mass is 211 g/mol. The number of rotatable bonds is 3. The standard InChI is InChI=1S/C12H25N3/c1-15-7-4-11(5-8-15)9-14-12-3-2-6-13-10-12/h11-14H,2-10H2,1H3. The Morgan fingerprint density at radius 3 is 2.73 bits per heavy atom. The molecule has 0 spiro atoms. The van der Waals surface area contributed by atoms with Gasteiger partial charge < -0.3 is 15.5 Å². The van der Waals surface area contributed by atoms with Crippen LogP contribution in [0.3, 0.4) is 0 Å². The van der Waals surface area contributed by atoms with E-state index in [9.17, 15) is 0 Å². The third-order valence-corrected chi connectivity index (χ3v) is 3.83. The molecule has 1 unspecified atom stereocenters. The van der Waals surface area contributed by atoms with Gasteiger partial charge in [0.2, 0.25) is 0 Å². The van der Waals surface area contributed by atoms with Crippen molar-refractivity contribution in [1.29, 1.82) is 0 Å². The average molecular weight is 211 g/mol. The zero-order chi connectivity index (χ0) is 10.5. The Bertz CT molecular complexity index is 170. The molecule has 15 heavy (non-hydrogen) atoms. The van der Waals surface area contributed by atoms with Crippen molar-refractivity contribution in [1.82, 2.24) is 15.5 Å². The van der Waals surface area contributed by atoms with Crippen LogP contribution in [0.15, 0.2) is 0 Å². The number of nitrogens with one attached hydrogen (secondary N) is 2. The van der Waals surface area contributed by atoms with Gasteiger partial charge in [0.25, 0.3) is 0 Å². The van der Waals surface area contributed by atoms with E-state index in [1.165, 1.54) is 58.4 Å². The van der Waals surface area contributed by atoms with Crippen LogP contribution in [-0.4, -0.2) is 50.7 Å². The topological polar surface area (TPSA) is 27.3 Å². The lowest BCUT2D eigenvalue weighted by Crippen LogP contribution is -2.45. The van der Waals surface area contributed by atoms with E-state index >= 15 is 0 Å². The van der Waals surface area contributed by atoms with E-state index in [1.54, 1.807) is 0 Å². The summed E-state index contributed by atoms with van der Waals surface area (Å²) in [5, 5.41) is 7.18. The zero-order valence-electron chi connectivity index (χ0n) is 9.97. The Labute approximate surface area is 93.6 Å². The number of hydrogen-bond acceptors (Lipinski definition) is 3. The molecule has 0 aromatic heterocycles. The molecule has 1 atom stereocenters. The minimum atomic E-state index is 0.735. The van der Waals surface area contributed by atoms with Crippen molar-refractivity contribution < 1.29 is 0 Å². The minimum Gasteiger partial charge on any atom is -0.315 e. The third kappa shape index (κ3) is 3.74. The molecule has 2 aliphatic heterocycles. The summed E-state index contributed by atoms with van der Waals surface area (Å²) in [5.74, 6) is 0.920. The second-order valence-corrected chi connectivity index (χ2v) is 5.20. The average Bonchev–Trinajstić information content (AvgIpc) is 2.30. The summed E-state index contributed by atoms with van der Waals surface area (Å²) in [6, 6.07) is 0.735. The molecule has 2 N–H and O–H groups in total. The van der Waals surface area contributed by atoms with E-state index in [0.717, 1.165) is 12.0 Å². The summed E-state index contributed by atoms with van der Waals surface area (Å²) >= 11 is 0. The molecular formula is C12H25N3. The number of likely N-dealkylation sites (tertiary alicyclic amines) is 1. The number of hydrogen-bond donors (Lipinski definition) is 2. The van der Waals surface area contributed by atoms with Gasteiger partial charge in [0.05, 0.1) is 0 Å². The van der Waals surface area contributed by atoms with E-state index in [4.69, 9.17) is 0 Å². The summed E-state index contributed by atoms with van der Waals surface area (Å²) in [6.07, 6.45) is 5.46. The lowest BCUT2D eigenvalue weighted by molar-refractivity contribution is 0.210. The smallest absolute Gasteiger partial charge is 0.0193 e. The van der Waals surface area contributed by atoms with Crippen molar-refractivity contribution in [2.24, 2.45) is 5.92 Å². The summed E-state index contributed by atoms with van der Waals surface area (Å²) < 4.78 is 0. The van der Waals surface area contributed by atoms with Gasteiger partial charge in [-0.3, -0.25) is 0 Å². The predicted octanol–water partition coefficient (Wildman–Crippen LogP) is 0.670. The van der Waals surface area contributed by atoms with Gasteiger partial charge in [-0.25, -0.2) is 0 Å².